The molecule has 0 saturated carbocycles. The van der Waals surface area contributed by atoms with E-state index in [-0.39, 0.29) is 11.8 Å². The quantitative estimate of drug-likeness (QED) is 0.627. The molecule has 0 unspecified atom stereocenters. The second-order valence-electron chi connectivity index (χ2n) is 8.68. The summed E-state index contributed by atoms with van der Waals surface area (Å²) in [4.78, 5) is 42.3. The Kier molecular flexibility index (Phi) is 4.06. The van der Waals surface area contributed by atoms with E-state index in [1.165, 1.54) is 0 Å². The molecule has 3 aromatic carbocycles. The molecule has 2 amide bonds. The molecular formula is C27H21NO5. The average Bonchev–Trinajstić information content (AvgIpc) is 3.10. The molecule has 0 spiro atoms. The molecule has 4 aliphatic rings. The molecule has 7 rings (SSSR count). The third-order valence-corrected chi connectivity index (χ3v) is 7.36. The van der Waals surface area contributed by atoms with Gasteiger partial charge in [0.2, 0.25) is 11.8 Å². The minimum atomic E-state index is -1.63. The van der Waals surface area contributed by atoms with Gasteiger partial charge in [0.25, 0.3) is 0 Å². The highest BCUT2D eigenvalue weighted by atomic mass is 16.5. The van der Waals surface area contributed by atoms with Gasteiger partial charge >= 0.3 is 5.97 Å². The van der Waals surface area contributed by atoms with Crippen molar-refractivity contribution in [1.82, 2.24) is 0 Å². The molecule has 6 nitrogen and oxygen atoms in total. The van der Waals surface area contributed by atoms with Crippen molar-refractivity contribution in [3.63, 3.8) is 0 Å². The summed E-state index contributed by atoms with van der Waals surface area (Å²) in [5, 5.41) is 10.7. The number of carboxylic acid groups (broad SMARTS) is 1. The molecule has 0 radical (unpaired) electrons. The van der Waals surface area contributed by atoms with Gasteiger partial charge in [-0.15, -0.1) is 0 Å². The van der Waals surface area contributed by atoms with Gasteiger partial charge < -0.3 is 9.84 Å². The maximum Gasteiger partial charge on any atom is 0.319 e. The lowest BCUT2D eigenvalue weighted by Crippen LogP contribution is -2.57. The molecule has 1 heterocycles. The summed E-state index contributed by atoms with van der Waals surface area (Å²) < 4.78 is 5.70. The zero-order valence-corrected chi connectivity index (χ0v) is 17.9. The highest BCUT2D eigenvalue weighted by molar-refractivity contribution is 6.25. The van der Waals surface area contributed by atoms with Gasteiger partial charge in [-0.1, -0.05) is 60.7 Å². The van der Waals surface area contributed by atoms with Gasteiger partial charge in [0.1, 0.15) is 11.2 Å². The molecule has 1 N–H and O–H groups in total. The molecule has 2 bridgehead atoms. The van der Waals surface area contributed by atoms with E-state index in [0.29, 0.717) is 29.2 Å². The number of hydrogen-bond acceptors (Lipinski definition) is 4. The Balaban J connectivity index is 1.64. The SMILES string of the molecule is CCOc1ccccc1N1C(=O)[C@@H]2C3c4ccccc4C(C(=O)O)(c4ccccc43)[C@H]2C1=O. The fourth-order valence-corrected chi connectivity index (χ4v) is 6.29. The average molecular weight is 439 g/mol. The van der Waals surface area contributed by atoms with Crippen LogP contribution in [0.5, 0.6) is 5.75 Å². The van der Waals surface area contributed by atoms with Crippen LogP contribution in [-0.4, -0.2) is 29.5 Å². The van der Waals surface area contributed by atoms with Gasteiger partial charge in [0.15, 0.2) is 0 Å². The Labute approximate surface area is 190 Å². The third kappa shape index (κ3) is 2.25. The molecule has 33 heavy (non-hydrogen) atoms. The van der Waals surface area contributed by atoms with Gasteiger partial charge in [-0.05, 0) is 41.3 Å². The second-order valence-corrected chi connectivity index (χ2v) is 8.68. The number of aliphatic carboxylic acids is 1. The molecular weight excluding hydrogens is 418 g/mol. The third-order valence-electron chi connectivity index (χ3n) is 7.36. The van der Waals surface area contributed by atoms with E-state index in [1.807, 2.05) is 31.2 Å². The smallest absolute Gasteiger partial charge is 0.319 e. The van der Waals surface area contributed by atoms with Gasteiger partial charge in [0.05, 0.1) is 24.1 Å². The number of carboxylic acids is 1. The number of carbonyl (C=O) groups excluding carboxylic acids is 2. The fourth-order valence-electron chi connectivity index (χ4n) is 6.29. The molecule has 1 fully saturated rings. The van der Waals surface area contributed by atoms with E-state index in [1.54, 1.807) is 48.5 Å². The van der Waals surface area contributed by atoms with Gasteiger partial charge in [-0.3, -0.25) is 14.4 Å². The summed E-state index contributed by atoms with van der Waals surface area (Å²) in [5.41, 5.74) is 1.54. The van der Waals surface area contributed by atoms with Crippen LogP contribution in [0.3, 0.4) is 0 Å². The fraction of sp³-hybridized carbons (Fsp3) is 0.222. The number of ether oxygens (including phenoxy) is 1. The molecule has 1 saturated heterocycles. The Bertz CT molecular complexity index is 1300. The molecule has 3 aliphatic carbocycles. The molecule has 2 atom stereocenters. The number of benzene rings is 3. The number of anilines is 1. The molecule has 164 valence electrons. The van der Waals surface area contributed by atoms with E-state index in [2.05, 4.69) is 0 Å². The first-order valence-electron chi connectivity index (χ1n) is 11.0. The number of carbonyl (C=O) groups is 3. The number of para-hydroxylation sites is 2. The summed E-state index contributed by atoms with van der Waals surface area (Å²) in [5.74, 6) is -3.78. The van der Waals surface area contributed by atoms with Crippen molar-refractivity contribution in [2.75, 3.05) is 11.5 Å². The van der Waals surface area contributed by atoms with E-state index in [0.717, 1.165) is 16.0 Å². The summed E-state index contributed by atoms with van der Waals surface area (Å²) in [7, 11) is 0. The predicted octanol–water partition coefficient (Wildman–Crippen LogP) is 3.72. The highest BCUT2D eigenvalue weighted by Gasteiger charge is 2.71. The van der Waals surface area contributed by atoms with Crippen molar-refractivity contribution >= 4 is 23.5 Å². The normalized spacial score (nSPS) is 26.6. The molecule has 0 aromatic heterocycles. The maximum absolute atomic E-state index is 14.0. The highest BCUT2D eigenvalue weighted by Crippen LogP contribution is 2.64. The molecule has 3 aromatic rings. The van der Waals surface area contributed by atoms with Crippen LogP contribution in [0.15, 0.2) is 72.8 Å². The second kappa shape index (κ2) is 6.78. The zero-order chi connectivity index (χ0) is 22.9. The summed E-state index contributed by atoms with van der Waals surface area (Å²) >= 11 is 0. The van der Waals surface area contributed by atoms with E-state index in [9.17, 15) is 19.5 Å². The van der Waals surface area contributed by atoms with Crippen LogP contribution in [0.25, 0.3) is 0 Å². The number of nitrogens with zero attached hydrogens (tertiary/aromatic N) is 1. The van der Waals surface area contributed by atoms with Crippen molar-refractivity contribution in [3.05, 3.63) is 95.1 Å². The van der Waals surface area contributed by atoms with Crippen LogP contribution in [0.1, 0.15) is 35.1 Å². The van der Waals surface area contributed by atoms with E-state index < -0.39 is 29.1 Å². The van der Waals surface area contributed by atoms with Gasteiger partial charge in [-0.25, -0.2) is 4.90 Å². The lowest BCUT2D eigenvalue weighted by molar-refractivity contribution is -0.149. The largest absolute Gasteiger partial charge is 0.492 e. The standard InChI is InChI=1S/C27H21NO5/c1-2-33-20-14-8-7-13-19(20)28-24(29)22-21-15-9-3-5-11-17(15)27(26(31)32,23(22)25(28)30)18-12-6-4-10-16(18)21/h3-14,21-23H,2H2,1H3,(H,31,32)/t21?,22-,23-,27?/m1/s1. The maximum atomic E-state index is 14.0. The number of hydrogen-bond donors (Lipinski definition) is 1. The van der Waals surface area contributed by atoms with Crippen molar-refractivity contribution < 1.29 is 24.2 Å². The number of amides is 2. The van der Waals surface area contributed by atoms with Crippen molar-refractivity contribution in [1.29, 1.82) is 0 Å². The summed E-state index contributed by atoms with van der Waals surface area (Å²) in [6, 6.07) is 21.6. The molecule has 6 heteroatoms. The minimum Gasteiger partial charge on any atom is -0.492 e. The van der Waals surface area contributed by atoms with Crippen LogP contribution in [0.4, 0.5) is 5.69 Å². The van der Waals surface area contributed by atoms with Gasteiger partial charge in [0, 0.05) is 5.92 Å². The Morgan fingerprint density at radius 1 is 0.909 bits per heavy atom. The van der Waals surface area contributed by atoms with Crippen molar-refractivity contribution in [2.45, 2.75) is 18.3 Å². The number of imide groups is 1. The topological polar surface area (TPSA) is 83.9 Å². The predicted molar refractivity (Wildman–Crippen MR) is 120 cm³/mol. The van der Waals surface area contributed by atoms with Crippen LogP contribution >= 0.6 is 0 Å². The van der Waals surface area contributed by atoms with Crippen LogP contribution in [-0.2, 0) is 19.8 Å². The van der Waals surface area contributed by atoms with Crippen molar-refractivity contribution in [3.8, 4) is 5.75 Å². The molecule has 1 aliphatic heterocycles. The summed E-state index contributed by atoms with van der Waals surface area (Å²) in [6.07, 6.45) is 0. The van der Waals surface area contributed by atoms with E-state index in [4.69, 9.17) is 4.74 Å². The Morgan fingerprint density at radius 3 is 2.09 bits per heavy atom. The first kappa shape index (κ1) is 19.7. The minimum absolute atomic E-state index is 0.358. The van der Waals surface area contributed by atoms with Crippen molar-refractivity contribution in [2.24, 2.45) is 11.8 Å². The van der Waals surface area contributed by atoms with Crippen LogP contribution < -0.4 is 9.64 Å². The number of rotatable bonds is 4. The lowest BCUT2D eigenvalue weighted by Gasteiger charge is -2.51. The van der Waals surface area contributed by atoms with E-state index >= 15 is 0 Å². The lowest BCUT2D eigenvalue weighted by atomic mass is 9.47. The summed E-state index contributed by atoms with van der Waals surface area (Å²) in [6.45, 7) is 2.20. The Hall–Kier alpha value is -3.93. The first-order chi connectivity index (χ1) is 16.0. The zero-order valence-electron chi connectivity index (χ0n) is 17.9. The van der Waals surface area contributed by atoms with Crippen LogP contribution in [0.2, 0.25) is 0 Å². The van der Waals surface area contributed by atoms with Crippen LogP contribution in [0, 0.1) is 11.8 Å². The van der Waals surface area contributed by atoms with Gasteiger partial charge in [-0.2, -0.15) is 0 Å². The Morgan fingerprint density at radius 2 is 1.48 bits per heavy atom. The monoisotopic (exact) mass is 439 g/mol. The first-order valence-corrected chi connectivity index (χ1v) is 11.0.